The lowest BCUT2D eigenvalue weighted by Gasteiger charge is -2.11. The highest BCUT2D eigenvalue weighted by Crippen LogP contribution is 2.23. The predicted molar refractivity (Wildman–Crippen MR) is 66.4 cm³/mol. The van der Waals surface area contributed by atoms with Gasteiger partial charge in [-0.1, -0.05) is 17.3 Å². The Kier molecular flexibility index (Phi) is 4.20. The summed E-state index contributed by atoms with van der Waals surface area (Å²) in [4.78, 5) is 0. The van der Waals surface area contributed by atoms with Crippen LogP contribution >= 0.6 is 0 Å². The van der Waals surface area contributed by atoms with E-state index in [4.69, 9.17) is 10.8 Å². The molecule has 6 nitrogen and oxygen atoms in total. The average molecular weight is 266 g/mol. The van der Waals surface area contributed by atoms with Gasteiger partial charge in [-0.2, -0.15) is 0 Å². The van der Waals surface area contributed by atoms with Gasteiger partial charge in [0.15, 0.2) is 0 Å². The zero-order chi connectivity index (χ0) is 13.8. The number of nitrogens with two attached hydrogens (primary N) is 1. The fraction of sp³-hybridized carbons (Fsp3) is 0.333. The number of halogens is 1. The Morgan fingerprint density at radius 2 is 2.21 bits per heavy atom. The Hall–Kier alpha value is -1.83. The molecule has 1 aromatic heterocycles. The van der Waals surface area contributed by atoms with Crippen molar-refractivity contribution < 1.29 is 14.6 Å². The van der Waals surface area contributed by atoms with Crippen molar-refractivity contribution in [2.45, 2.75) is 19.2 Å². The van der Waals surface area contributed by atoms with E-state index < -0.39 is 6.10 Å². The van der Waals surface area contributed by atoms with Crippen LogP contribution in [0.1, 0.15) is 5.69 Å². The van der Waals surface area contributed by atoms with Crippen molar-refractivity contribution in [2.24, 2.45) is 5.73 Å². The fourth-order valence-corrected chi connectivity index (χ4v) is 1.82. The third kappa shape index (κ3) is 2.95. The van der Waals surface area contributed by atoms with E-state index in [9.17, 15) is 9.50 Å². The molecule has 0 aliphatic carbocycles. The molecule has 2 rings (SSSR count). The van der Waals surface area contributed by atoms with Crippen LogP contribution in [0.15, 0.2) is 24.3 Å². The standard InChI is InChI=1S/C12H15FN4O2/c13-9-3-1-2-8(4-9)12-11(5-14)15-16-17(12)6-10(19)7-18/h1-4,10,18-19H,5-7,14H2. The van der Waals surface area contributed by atoms with E-state index in [0.29, 0.717) is 17.0 Å². The first-order chi connectivity index (χ1) is 9.15. The molecule has 4 N–H and O–H groups in total. The number of aromatic nitrogens is 3. The summed E-state index contributed by atoms with van der Waals surface area (Å²) < 4.78 is 14.7. The maximum Gasteiger partial charge on any atom is 0.123 e. The normalized spacial score (nSPS) is 12.6. The lowest BCUT2D eigenvalue weighted by atomic mass is 10.1. The molecule has 1 unspecified atom stereocenters. The Morgan fingerprint density at radius 3 is 2.84 bits per heavy atom. The molecule has 1 atom stereocenters. The monoisotopic (exact) mass is 266 g/mol. The maximum absolute atomic E-state index is 13.3. The van der Waals surface area contributed by atoms with Gasteiger partial charge in [0.1, 0.15) is 11.5 Å². The number of hydrogen-bond acceptors (Lipinski definition) is 5. The molecular formula is C12H15FN4O2. The highest BCUT2D eigenvalue weighted by Gasteiger charge is 2.16. The third-order valence-electron chi connectivity index (χ3n) is 2.69. The van der Waals surface area contributed by atoms with Crippen LogP contribution < -0.4 is 5.73 Å². The van der Waals surface area contributed by atoms with Gasteiger partial charge in [-0.05, 0) is 12.1 Å². The van der Waals surface area contributed by atoms with E-state index in [2.05, 4.69) is 10.3 Å². The number of nitrogens with zero attached hydrogens (tertiary/aromatic N) is 3. The summed E-state index contributed by atoms with van der Waals surface area (Å²) in [6.07, 6.45) is -0.959. The minimum Gasteiger partial charge on any atom is -0.394 e. The van der Waals surface area contributed by atoms with E-state index >= 15 is 0 Å². The molecule has 0 spiro atoms. The molecule has 0 bridgehead atoms. The Bertz CT molecular complexity index is 558. The Balaban J connectivity index is 2.44. The summed E-state index contributed by atoms with van der Waals surface area (Å²) in [6.45, 7) is -0.170. The summed E-state index contributed by atoms with van der Waals surface area (Å²) in [7, 11) is 0. The summed E-state index contributed by atoms with van der Waals surface area (Å²) in [6, 6.07) is 5.97. The van der Waals surface area contributed by atoms with E-state index in [1.807, 2.05) is 0 Å². The van der Waals surface area contributed by atoms with Gasteiger partial charge >= 0.3 is 0 Å². The molecule has 19 heavy (non-hydrogen) atoms. The number of benzene rings is 1. The molecule has 0 saturated heterocycles. The van der Waals surface area contributed by atoms with Crippen LogP contribution in [0.4, 0.5) is 4.39 Å². The summed E-state index contributed by atoms with van der Waals surface area (Å²) in [5.74, 6) is -0.379. The van der Waals surface area contributed by atoms with Gasteiger partial charge < -0.3 is 15.9 Å². The zero-order valence-electron chi connectivity index (χ0n) is 10.2. The molecule has 0 aliphatic rings. The summed E-state index contributed by atoms with van der Waals surface area (Å²) >= 11 is 0. The van der Waals surface area contributed by atoms with E-state index in [-0.39, 0.29) is 25.5 Å². The highest BCUT2D eigenvalue weighted by molar-refractivity contribution is 5.61. The van der Waals surface area contributed by atoms with E-state index in [1.165, 1.54) is 16.8 Å². The Labute approximate surface area is 109 Å². The lowest BCUT2D eigenvalue weighted by molar-refractivity contribution is 0.0782. The summed E-state index contributed by atoms with van der Waals surface area (Å²) in [5, 5.41) is 26.1. The van der Waals surface area contributed by atoms with Crippen LogP contribution in [-0.2, 0) is 13.1 Å². The first-order valence-electron chi connectivity index (χ1n) is 5.83. The fourth-order valence-electron chi connectivity index (χ4n) is 1.82. The second-order valence-corrected chi connectivity index (χ2v) is 4.12. The average Bonchev–Trinajstić information content (AvgIpc) is 2.81. The molecule has 0 aliphatic heterocycles. The van der Waals surface area contributed by atoms with Gasteiger partial charge in [-0.3, -0.25) is 0 Å². The SMILES string of the molecule is NCc1nnn(CC(O)CO)c1-c1cccc(F)c1. The Morgan fingerprint density at radius 1 is 1.42 bits per heavy atom. The first-order valence-corrected chi connectivity index (χ1v) is 5.83. The quantitative estimate of drug-likeness (QED) is 0.702. The van der Waals surface area contributed by atoms with Gasteiger partial charge in [0.2, 0.25) is 0 Å². The molecular weight excluding hydrogens is 251 g/mol. The van der Waals surface area contributed by atoms with E-state index in [0.717, 1.165) is 0 Å². The predicted octanol–water partition coefficient (Wildman–Crippen LogP) is -0.104. The first kappa shape index (κ1) is 13.6. The zero-order valence-corrected chi connectivity index (χ0v) is 10.2. The lowest BCUT2D eigenvalue weighted by Crippen LogP contribution is -2.21. The van der Waals surface area contributed by atoms with Crippen LogP contribution in [0.2, 0.25) is 0 Å². The van der Waals surface area contributed by atoms with Crippen molar-refractivity contribution in [3.8, 4) is 11.3 Å². The van der Waals surface area contributed by atoms with Crippen molar-refractivity contribution in [3.63, 3.8) is 0 Å². The molecule has 2 aromatic rings. The van der Waals surface area contributed by atoms with Gasteiger partial charge in [0, 0.05) is 12.1 Å². The van der Waals surface area contributed by atoms with Crippen molar-refractivity contribution in [3.05, 3.63) is 35.8 Å². The number of hydrogen-bond donors (Lipinski definition) is 3. The largest absolute Gasteiger partial charge is 0.394 e. The highest BCUT2D eigenvalue weighted by atomic mass is 19.1. The number of aliphatic hydroxyl groups excluding tert-OH is 2. The van der Waals surface area contributed by atoms with Gasteiger partial charge in [0.05, 0.1) is 24.9 Å². The van der Waals surface area contributed by atoms with E-state index in [1.54, 1.807) is 12.1 Å². The van der Waals surface area contributed by atoms with Crippen LogP contribution in [0.3, 0.4) is 0 Å². The minimum absolute atomic E-state index is 0.0648. The second-order valence-electron chi connectivity index (χ2n) is 4.12. The molecule has 0 saturated carbocycles. The number of aliphatic hydroxyl groups is 2. The topological polar surface area (TPSA) is 97.2 Å². The molecule has 0 radical (unpaired) electrons. The van der Waals surface area contributed by atoms with Gasteiger partial charge in [-0.15, -0.1) is 5.10 Å². The van der Waals surface area contributed by atoms with Crippen molar-refractivity contribution in [2.75, 3.05) is 6.61 Å². The van der Waals surface area contributed by atoms with Crippen LogP contribution in [0.25, 0.3) is 11.3 Å². The molecule has 0 fully saturated rings. The van der Waals surface area contributed by atoms with Crippen LogP contribution in [-0.4, -0.2) is 37.9 Å². The minimum atomic E-state index is -0.959. The summed E-state index contributed by atoms with van der Waals surface area (Å²) in [5.41, 5.74) is 7.22. The third-order valence-corrected chi connectivity index (χ3v) is 2.69. The molecule has 1 heterocycles. The molecule has 102 valence electrons. The smallest absolute Gasteiger partial charge is 0.123 e. The van der Waals surface area contributed by atoms with Crippen molar-refractivity contribution in [1.29, 1.82) is 0 Å². The van der Waals surface area contributed by atoms with Crippen LogP contribution in [0, 0.1) is 5.82 Å². The number of rotatable bonds is 5. The second kappa shape index (κ2) is 5.87. The van der Waals surface area contributed by atoms with Crippen molar-refractivity contribution in [1.82, 2.24) is 15.0 Å². The van der Waals surface area contributed by atoms with Crippen LogP contribution in [0.5, 0.6) is 0 Å². The molecule has 7 heteroatoms. The molecule has 1 aromatic carbocycles. The van der Waals surface area contributed by atoms with Gasteiger partial charge in [0.25, 0.3) is 0 Å². The maximum atomic E-state index is 13.3. The van der Waals surface area contributed by atoms with Crippen molar-refractivity contribution >= 4 is 0 Å². The van der Waals surface area contributed by atoms with Gasteiger partial charge in [-0.25, -0.2) is 9.07 Å². The molecule has 0 amide bonds.